The average molecular weight is 383 g/mol. The van der Waals surface area contributed by atoms with E-state index in [-0.39, 0.29) is 11.7 Å². The third-order valence-corrected chi connectivity index (χ3v) is 5.17. The molecule has 0 fully saturated rings. The van der Waals surface area contributed by atoms with E-state index in [4.69, 9.17) is 5.73 Å². The number of nitrogen functional groups attached to an aromatic ring is 1. The minimum atomic E-state index is -0.127. The molecule has 0 atom stereocenters. The number of aromatic nitrogens is 2. The van der Waals surface area contributed by atoms with E-state index in [1.807, 2.05) is 26.0 Å². The van der Waals surface area contributed by atoms with Crippen molar-refractivity contribution in [2.45, 2.75) is 26.8 Å². The maximum Gasteiger partial charge on any atom is 0.272 e. The smallest absolute Gasteiger partial charge is 0.272 e. The summed E-state index contributed by atoms with van der Waals surface area (Å²) in [6.45, 7) is 4.95. The first-order valence-corrected chi connectivity index (χ1v) is 9.48. The van der Waals surface area contributed by atoms with Crippen molar-refractivity contribution in [2.75, 3.05) is 12.3 Å². The van der Waals surface area contributed by atoms with Crippen LogP contribution in [0.15, 0.2) is 42.6 Å². The minimum Gasteiger partial charge on any atom is -0.383 e. The van der Waals surface area contributed by atoms with Gasteiger partial charge >= 0.3 is 0 Å². The second-order valence-corrected chi connectivity index (χ2v) is 7.35. The quantitative estimate of drug-likeness (QED) is 0.731. The fourth-order valence-electron chi connectivity index (χ4n) is 3.96. The monoisotopic (exact) mass is 383 g/mol. The van der Waals surface area contributed by atoms with Crippen LogP contribution in [0.2, 0.25) is 0 Å². The highest BCUT2D eigenvalue weighted by atomic mass is 16.2. The fraction of sp³-hybridized carbons (Fsp3) is 0.217. The SMILES string of the molecule is Cc1cc(C)cc(-c2c(C#N)c(N)nc3c2CN(C(=O)c2ccccn2)CC3)c1. The van der Waals surface area contributed by atoms with Gasteiger partial charge in [-0.05, 0) is 31.5 Å². The number of anilines is 1. The lowest BCUT2D eigenvalue weighted by Crippen LogP contribution is -2.37. The zero-order valence-electron chi connectivity index (χ0n) is 16.4. The number of hydrogen-bond donors (Lipinski definition) is 1. The Labute approximate surface area is 169 Å². The number of carbonyl (C=O) groups is 1. The van der Waals surface area contributed by atoms with Crippen LogP contribution >= 0.6 is 0 Å². The molecule has 1 aliphatic heterocycles. The molecule has 3 aromatic rings. The summed E-state index contributed by atoms with van der Waals surface area (Å²) in [5.74, 6) is 0.114. The summed E-state index contributed by atoms with van der Waals surface area (Å²) in [5.41, 5.74) is 12.5. The summed E-state index contributed by atoms with van der Waals surface area (Å²) in [4.78, 5) is 23.4. The summed E-state index contributed by atoms with van der Waals surface area (Å²) in [5, 5.41) is 9.79. The molecule has 0 spiro atoms. The second-order valence-electron chi connectivity index (χ2n) is 7.35. The number of hydrogen-bond acceptors (Lipinski definition) is 5. The van der Waals surface area contributed by atoms with Crippen molar-refractivity contribution >= 4 is 11.7 Å². The number of nitrogens with zero attached hydrogens (tertiary/aromatic N) is 4. The number of nitriles is 1. The van der Waals surface area contributed by atoms with Gasteiger partial charge in [0.05, 0.1) is 5.69 Å². The van der Waals surface area contributed by atoms with Gasteiger partial charge in [0.25, 0.3) is 5.91 Å². The van der Waals surface area contributed by atoms with E-state index in [0.717, 1.165) is 33.5 Å². The largest absolute Gasteiger partial charge is 0.383 e. The molecular weight excluding hydrogens is 362 g/mol. The molecule has 29 heavy (non-hydrogen) atoms. The Bertz CT molecular complexity index is 1130. The van der Waals surface area contributed by atoms with E-state index in [9.17, 15) is 10.1 Å². The van der Waals surface area contributed by atoms with Gasteiger partial charge in [0.15, 0.2) is 0 Å². The molecule has 1 amide bonds. The molecule has 2 aromatic heterocycles. The van der Waals surface area contributed by atoms with Gasteiger partial charge in [0, 0.05) is 36.8 Å². The first-order chi connectivity index (χ1) is 14.0. The predicted octanol–water partition coefficient (Wildman–Crippen LogP) is 3.41. The maximum absolute atomic E-state index is 12.9. The van der Waals surface area contributed by atoms with E-state index >= 15 is 0 Å². The number of benzene rings is 1. The third kappa shape index (κ3) is 3.43. The molecule has 2 N–H and O–H groups in total. The molecule has 6 nitrogen and oxygen atoms in total. The Kier molecular flexibility index (Phi) is 4.73. The number of fused-ring (bicyclic) bond motifs is 1. The van der Waals surface area contributed by atoms with Crippen molar-refractivity contribution in [1.82, 2.24) is 14.9 Å². The van der Waals surface area contributed by atoms with Gasteiger partial charge in [-0.1, -0.05) is 35.4 Å². The van der Waals surface area contributed by atoms with E-state index < -0.39 is 0 Å². The normalized spacial score (nSPS) is 12.9. The maximum atomic E-state index is 12.9. The number of amides is 1. The highest BCUT2D eigenvalue weighted by Crippen LogP contribution is 2.36. The minimum absolute atomic E-state index is 0.127. The van der Waals surface area contributed by atoms with Gasteiger partial charge in [-0.25, -0.2) is 4.98 Å². The summed E-state index contributed by atoms with van der Waals surface area (Å²) >= 11 is 0. The fourth-order valence-corrected chi connectivity index (χ4v) is 3.96. The van der Waals surface area contributed by atoms with Gasteiger partial charge < -0.3 is 10.6 Å². The van der Waals surface area contributed by atoms with Gasteiger partial charge in [-0.3, -0.25) is 9.78 Å². The van der Waals surface area contributed by atoms with Crippen LogP contribution in [0.4, 0.5) is 5.82 Å². The topological polar surface area (TPSA) is 95.9 Å². The van der Waals surface area contributed by atoms with Crippen molar-refractivity contribution in [2.24, 2.45) is 0 Å². The number of carbonyl (C=O) groups excluding carboxylic acids is 1. The molecule has 0 saturated carbocycles. The lowest BCUT2D eigenvalue weighted by Gasteiger charge is -2.30. The van der Waals surface area contributed by atoms with Crippen LogP contribution in [0, 0.1) is 25.2 Å². The highest BCUT2D eigenvalue weighted by molar-refractivity contribution is 5.92. The molecule has 4 rings (SSSR count). The Morgan fingerprint density at radius 1 is 1.21 bits per heavy atom. The van der Waals surface area contributed by atoms with Crippen LogP contribution in [-0.2, 0) is 13.0 Å². The molecule has 0 bridgehead atoms. The molecule has 6 heteroatoms. The summed E-state index contributed by atoms with van der Waals surface area (Å²) in [6.07, 6.45) is 2.20. The zero-order chi connectivity index (χ0) is 20.5. The Morgan fingerprint density at radius 2 is 1.97 bits per heavy atom. The van der Waals surface area contributed by atoms with Crippen molar-refractivity contribution in [1.29, 1.82) is 5.26 Å². The number of pyridine rings is 2. The van der Waals surface area contributed by atoms with Crippen LogP contribution in [0.5, 0.6) is 0 Å². The van der Waals surface area contributed by atoms with Crippen molar-refractivity contribution < 1.29 is 4.79 Å². The van der Waals surface area contributed by atoms with Crippen molar-refractivity contribution in [3.8, 4) is 17.2 Å². The molecule has 144 valence electrons. The molecule has 1 aliphatic rings. The van der Waals surface area contributed by atoms with E-state index in [0.29, 0.717) is 30.8 Å². The van der Waals surface area contributed by atoms with Crippen molar-refractivity contribution in [3.63, 3.8) is 0 Å². The first-order valence-electron chi connectivity index (χ1n) is 9.48. The molecule has 0 saturated heterocycles. The Morgan fingerprint density at radius 3 is 2.62 bits per heavy atom. The van der Waals surface area contributed by atoms with Crippen LogP contribution < -0.4 is 5.73 Å². The molecule has 0 unspecified atom stereocenters. The molecule has 0 aliphatic carbocycles. The highest BCUT2D eigenvalue weighted by Gasteiger charge is 2.28. The van der Waals surface area contributed by atoms with Gasteiger partial charge in [0.1, 0.15) is 23.1 Å². The number of nitrogens with two attached hydrogens (primary N) is 1. The summed E-state index contributed by atoms with van der Waals surface area (Å²) in [7, 11) is 0. The van der Waals surface area contributed by atoms with Crippen LogP contribution in [0.25, 0.3) is 11.1 Å². The number of aryl methyl sites for hydroxylation is 2. The molecular formula is C23H21N5O. The van der Waals surface area contributed by atoms with Gasteiger partial charge in [0.2, 0.25) is 0 Å². The third-order valence-electron chi connectivity index (χ3n) is 5.17. The second kappa shape index (κ2) is 7.36. The Hall–Kier alpha value is -3.72. The van der Waals surface area contributed by atoms with Crippen LogP contribution in [0.1, 0.15) is 38.4 Å². The Balaban J connectivity index is 1.85. The molecule has 3 heterocycles. The van der Waals surface area contributed by atoms with Gasteiger partial charge in [-0.2, -0.15) is 5.26 Å². The average Bonchev–Trinajstić information content (AvgIpc) is 2.71. The van der Waals surface area contributed by atoms with Crippen LogP contribution in [0.3, 0.4) is 0 Å². The standard InChI is InChI=1S/C23H21N5O/c1-14-9-15(2)11-16(10-14)21-17(12-24)22(25)27-19-6-8-28(13-18(19)21)23(29)20-5-3-4-7-26-20/h3-5,7,9-11H,6,8,13H2,1-2H3,(H2,25,27). The number of rotatable bonds is 2. The molecule has 1 aromatic carbocycles. The lowest BCUT2D eigenvalue weighted by molar-refractivity contribution is 0.0728. The summed E-state index contributed by atoms with van der Waals surface area (Å²) < 4.78 is 0. The lowest BCUT2D eigenvalue weighted by atomic mass is 9.89. The van der Waals surface area contributed by atoms with E-state index in [2.05, 4.69) is 22.1 Å². The molecule has 0 radical (unpaired) electrons. The van der Waals surface area contributed by atoms with E-state index in [1.54, 1.807) is 29.3 Å². The van der Waals surface area contributed by atoms with E-state index in [1.165, 1.54) is 0 Å². The predicted molar refractivity (Wildman–Crippen MR) is 111 cm³/mol. The van der Waals surface area contributed by atoms with Crippen LogP contribution in [-0.4, -0.2) is 27.3 Å². The first kappa shape index (κ1) is 18.6. The summed E-state index contributed by atoms with van der Waals surface area (Å²) in [6, 6.07) is 13.7. The zero-order valence-corrected chi connectivity index (χ0v) is 16.4. The van der Waals surface area contributed by atoms with Gasteiger partial charge in [-0.15, -0.1) is 0 Å². The van der Waals surface area contributed by atoms with Crippen molar-refractivity contribution in [3.05, 3.63) is 76.2 Å².